The lowest BCUT2D eigenvalue weighted by molar-refractivity contribution is -0.115. The van der Waals surface area contributed by atoms with E-state index in [1.54, 1.807) is 13.2 Å². The van der Waals surface area contributed by atoms with E-state index in [0.29, 0.717) is 23.8 Å². The number of hydrogen-bond donors (Lipinski definition) is 2. The van der Waals surface area contributed by atoms with E-state index in [4.69, 9.17) is 9.15 Å². The molecule has 7 heteroatoms. The summed E-state index contributed by atoms with van der Waals surface area (Å²) in [5.41, 5.74) is 3.69. The van der Waals surface area contributed by atoms with Crippen LogP contribution in [0.3, 0.4) is 0 Å². The quantitative estimate of drug-likeness (QED) is 0.681. The van der Waals surface area contributed by atoms with Gasteiger partial charge >= 0.3 is 0 Å². The molecule has 2 aromatic carbocycles. The number of fused-ring (bicyclic) bond motifs is 1. The second-order valence-electron chi connectivity index (χ2n) is 6.08. The summed E-state index contributed by atoms with van der Waals surface area (Å²) in [6.07, 6.45) is 3.14. The Morgan fingerprint density at radius 2 is 2.07 bits per heavy atom. The van der Waals surface area contributed by atoms with Crippen LogP contribution in [0.25, 0.3) is 17.2 Å². The van der Waals surface area contributed by atoms with Crippen LogP contribution >= 0.6 is 0 Å². The summed E-state index contributed by atoms with van der Waals surface area (Å²) in [6.45, 7) is 0.409. The van der Waals surface area contributed by atoms with Gasteiger partial charge in [-0.2, -0.15) is 0 Å². The molecule has 1 aliphatic rings. The Kier molecular flexibility index (Phi) is 4.67. The van der Waals surface area contributed by atoms with E-state index in [2.05, 4.69) is 20.6 Å². The maximum atomic E-state index is 12.3. The van der Waals surface area contributed by atoms with Gasteiger partial charge in [0.1, 0.15) is 17.3 Å². The number of hydrogen-bond acceptors (Lipinski definition) is 5. The molecule has 4 rings (SSSR count). The fourth-order valence-electron chi connectivity index (χ4n) is 2.88. The Labute approximate surface area is 155 Å². The number of aromatic nitrogens is 1. The predicted molar refractivity (Wildman–Crippen MR) is 102 cm³/mol. The predicted octanol–water partition coefficient (Wildman–Crippen LogP) is 2.63. The van der Waals surface area contributed by atoms with Gasteiger partial charge in [0, 0.05) is 7.11 Å². The Bertz CT molecular complexity index is 1020. The van der Waals surface area contributed by atoms with Crippen LogP contribution in [-0.4, -0.2) is 30.6 Å². The Balaban J connectivity index is 1.57. The second kappa shape index (κ2) is 7.43. The largest absolute Gasteiger partial charge is 0.443 e. The Morgan fingerprint density at radius 3 is 2.89 bits per heavy atom. The third-order valence-electron chi connectivity index (χ3n) is 4.19. The highest BCUT2D eigenvalue weighted by molar-refractivity contribution is 6.15. The van der Waals surface area contributed by atoms with Crippen LogP contribution in [0, 0.1) is 0 Å². The summed E-state index contributed by atoms with van der Waals surface area (Å²) in [7, 11) is 1.63. The van der Waals surface area contributed by atoms with Gasteiger partial charge in [0.15, 0.2) is 12.0 Å². The molecule has 1 amide bonds. The van der Waals surface area contributed by atoms with Gasteiger partial charge in [-0.15, -0.1) is 0 Å². The summed E-state index contributed by atoms with van der Waals surface area (Å²) in [6, 6.07) is 15.1. The van der Waals surface area contributed by atoms with Gasteiger partial charge in [-0.3, -0.25) is 10.1 Å². The molecule has 0 spiro atoms. The highest BCUT2D eigenvalue weighted by atomic mass is 16.5. The fourth-order valence-corrected chi connectivity index (χ4v) is 2.88. The van der Waals surface area contributed by atoms with E-state index in [1.807, 2.05) is 48.5 Å². The van der Waals surface area contributed by atoms with Crippen molar-refractivity contribution >= 4 is 29.0 Å². The maximum absolute atomic E-state index is 12.3. The molecule has 1 aromatic heterocycles. The molecule has 1 atom stereocenters. The molecule has 1 aliphatic heterocycles. The first-order valence-electron chi connectivity index (χ1n) is 8.48. The fraction of sp³-hybridized carbons (Fsp3) is 0.150. The number of nitrogens with zero attached hydrogens (tertiary/aromatic N) is 2. The van der Waals surface area contributed by atoms with Crippen LogP contribution in [0.4, 0.5) is 0 Å². The minimum Gasteiger partial charge on any atom is -0.443 e. The van der Waals surface area contributed by atoms with Gasteiger partial charge in [-0.05, 0) is 29.3 Å². The van der Waals surface area contributed by atoms with Crippen molar-refractivity contribution in [2.75, 3.05) is 13.7 Å². The molecule has 27 heavy (non-hydrogen) atoms. The topological polar surface area (TPSA) is 88.8 Å². The molecule has 0 unspecified atom stereocenters. The Hall–Kier alpha value is -3.45. The van der Waals surface area contributed by atoms with Crippen LogP contribution in [0.5, 0.6) is 0 Å². The molecule has 136 valence electrons. The minimum absolute atomic E-state index is 0.219. The van der Waals surface area contributed by atoms with E-state index in [-0.39, 0.29) is 11.9 Å². The molecule has 0 bridgehead atoms. The third-order valence-corrected chi connectivity index (χ3v) is 4.19. The molecule has 0 aliphatic carbocycles. The maximum Gasteiger partial charge on any atom is 0.274 e. The number of guanidine groups is 1. The van der Waals surface area contributed by atoms with E-state index in [0.717, 1.165) is 16.6 Å². The number of oxazole rings is 1. The number of methoxy groups -OCH3 is 1. The molecule has 3 aromatic rings. The molecule has 7 nitrogen and oxygen atoms in total. The lowest BCUT2D eigenvalue weighted by Gasteiger charge is -2.12. The highest BCUT2D eigenvalue weighted by Gasteiger charge is 2.23. The van der Waals surface area contributed by atoms with Crippen LogP contribution in [0.15, 0.2) is 70.0 Å². The zero-order valence-corrected chi connectivity index (χ0v) is 14.7. The number of rotatable bonds is 5. The smallest absolute Gasteiger partial charge is 0.274 e. The average Bonchev–Trinajstić information content (AvgIpc) is 3.28. The van der Waals surface area contributed by atoms with Crippen LogP contribution < -0.4 is 10.6 Å². The summed E-state index contributed by atoms with van der Waals surface area (Å²) in [4.78, 5) is 21.0. The summed E-state index contributed by atoms with van der Waals surface area (Å²) < 4.78 is 10.6. The number of amides is 1. The summed E-state index contributed by atoms with van der Waals surface area (Å²) in [5.74, 6) is 0.161. The third kappa shape index (κ3) is 3.73. The van der Waals surface area contributed by atoms with Gasteiger partial charge in [0.2, 0.25) is 5.96 Å². The molecular formula is C20H18N4O3. The van der Waals surface area contributed by atoms with Crippen molar-refractivity contribution in [1.82, 2.24) is 15.6 Å². The van der Waals surface area contributed by atoms with Crippen molar-refractivity contribution in [2.45, 2.75) is 6.04 Å². The standard InChI is InChI=1S/C20H18N4O3/c1-26-11-17(14-5-3-2-4-6-14)23-20-22-16(19(25)24-20)9-13-7-8-15-18(10-13)27-12-21-15/h2-10,12,17H,11H2,1H3,(H2,22,23,24,25)/b16-9-/t17-/m0/s1. The number of aliphatic imine (C=N–C) groups is 1. The van der Waals surface area contributed by atoms with Crippen LogP contribution in [0.1, 0.15) is 17.2 Å². The molecular weight excluding hydrogens is 344 g/mol. The van der Waals surface area contributed by atoms with Gasteiger partial charge in [0.05, 0.1) is 6.61 Å². The monoisotopic (exact) mass is 362 g/mol. The molecule has 2 N–H and O–H groups in total. The SMILES string of the molecule is COC[C@H](N=C1NC(=O)/C(=C/c2ccc3ncoc3c2)N1)c1ccccc1. The summed E-state index contributed by atoms with van der Waals surface area (Å²) >= 11 is 0. The zero-order valence-electron chi connectivity index (χ0n) is 14.7. The van der Waals surface area contributed by atoms with Crippen molar-refractivity contribution in [3.05, 3.63) is 71.7 Å². The number of ether oxygens (including phenoxy) is 1. The van der Waals surface area contributed by atoms with Crippen molar-refractivity contribution in [1.29, 1.82) is 0 Å². The first kappa shape index (κ1) is 17.0. The van der Waals surface area contributed by atoms with Crippen molar-refractivity contribution in [3.63, 3.8) is 0 Å². The van der Waals surface area contributed by atoms with E-state index >= 15 is 0 Å². The number of carbonyl (C=O) groups is 1. The summed E-state index contributed by atoms with van der Waals surface area (Å²) in [5, 5.41) is 5.79. The van der Waals surface area contributed by atoms with Crippen LogP contribution in [-0.2, 0) is 9.53 Å². The second-order valence-corrected chi connectivity index (χ2v) is 6.08. The van der Waals surface area contributed by atoms with Gasteiger partial charge in [-0.25, -0.2) is 9.98 Å². The van der Waals surface area contributed by atoms with Crippen LogP contribution in [0.2, 0.25) is 0 Å². The van der Waals surface area contributed by atoms with Crippen molar-refractivity contribution in [3.8, 4) is 0 Å². The lowest BCUT2D eigenvalue weighted by Crippen LogP contribution is -2.26. The Morgan fingerprint density at radius 1 is 1.22 bits per heavy atom. The molecule has 1 fully saturated rings. The average molecular weight is 362 g/mol. The van der Waals surface area contributed by atoms with E-state index in [9.17, 15) is 4.79 Å². The number of carbonyl (C=O) groups excluding carboxylic acids is 1. The lowest BCUT2D eigenvalue weighted by atomic mass is 10.1. The number of nitrogens with one attached hydrogen (secondary N) is 2. The minimum atomic E-state index is -0.240. The van der Waals surface area contributed by atoms with Crippen molar-refractivity contribution < 1.29 is 13.9 Å². The molecule has 2 heterocycles. The molecule has 1 saturated heterocycles. The molecule has 0 radical (unpaired) electrons. The van der Waals surface area contributed by atoms with E-state index in [1.165, 1.54) is 6.39 Å². The zero-order chi connectivity index (χ0) is 18.6. The van der Waals surface area contributed by atoms with E-state index < -0.39 is 0 Å². The first-order chi connectivity index (χ1) is 13.2. The van der Waals surface area contributed by atoms with Crippen molar-refractivity contribution in [2.24, 2.45) is 4.99 Å². The first-order valence-corrected chi connectivity index (χ1v) is 8.48. The highest BCUT2D eigenvalue weighted by Crippen LogP contribution is 2.19. The van der Waals surface area contributed by atoms with Gasteiger partial charge in [0.25, 0.3) is 5.91 Å². The van der Waals surface area contributed by atoms with Gasteiger partial charge < -0.3 is 14.5 Å². The number of benzene rings is 2. The molecule has 0 saturated carbocycles. The normalized spacial score (nSPS) is 18.0. The van der Waals surface area contributed by atoms with Gasteiger partial charge in [-0.1, -0.05) is 36.4 Å².